The van der Waals surface area contributed by atoms with E-state index in [-0.39, 0.29) is 12.2 Å². The molecule has 0 amide bonds. The van der Waals surface area contributed by atoms with Gasteiger partial charge in [0.25, 0.3) is 0 Å². The molecule has 0 aliphatic rings. The normalized spacial score (nSPS) is 13.1. The van der Waals surface area contributed by atoms with Gasteiger partial charge < -0.3 is 15.2 Å². The number of aliphatic hydroxyl groups is 2. The number of H-pyrrole nitrogens is 1. The van der Waals surface area contributed by atoms with E-state index in [0.717, 1.165) is 0 Å². The summed E-state index contributed by atoms with van der Waals surface area (Å²) in [6, 6.07) is 2.34. The highest BCUT2D eigenvalue weighted by molar-refractivity contribution is 5.72. The second kappa shape index (κ2) is 6.00. The Labute approximate surface area is 145 Å². The summed E-state index contributed by atoms with van der Waals surface area (Å²) in [5, 5.41) is 18.4. The fourth-order valence-electron chi connectivity index (χ4n) is 2.98. The average Bonchev–Trinajstić information content (AvgIpc) is 3.12. The Morgan fingerprint density at radius 2 is 2.08 bits per heavy atom. The first-order chi connectivity index (χ1) is 12.4. The number of aromatic nitrogens is 6. The molecule has 0 bridgehead atoms. The molecule has 0 spiro atoms. The van der Waals surface area contributed by atoms with Gasteiger partial charge in [-0.2, -0.15) is 0 Å². The maximum atomic E-state index is 13.6. The Morgan fingerprint density at radius 3 is 2.85 bits per heavy atom. The number of hydrogen-bond donors (Lipinski definition) is 3. The van der Waals surface area contributed by atoms with Crippen molar-refractivity contribution in [2.45, 2.75) is 25.7 Å². The van der Waals surface area contributed by atoms with Crippen LogP contribution in [0.3, 0.4) is 0 Å². The molecular formula is C16H15FN6O3. The minimum absolute atomic E-state index is 0.0347. The molecule has 0 aliphatic heterocycles. The first-order valence-corrected chi connectivity index (χ1v) is 7.90. The number of aromatic amines is 1. The van der Waals surface area contributed by atoms with Gasteiger partial charge in [-0.05, 0) is 19.1 Å². The maximum Gasteiger partial charge on any atom is 0.327 e. The largest absolute Gasteiger partial charge is 0.368 e. The Kier molecular flexibility index (Phi) is 3.78. The predicted molar refractivity (Wildman–Crippen MR) is 89.8 cm³/mol. The van der Waals surface area contributed by atoms with Crippen molar-refractivity contribution in [1.29, 1.82) is 0 Å². The maximum absolute atomic E-state index is 13.6. The molecule has 9 nitrogen and oxygen atoms in total. The van der Waals surface area contributed by atoms with Crippen molar-refractivity contribution in [2.75, 3.05) is 0 Å². The Bertz CT molecular complexity index is 1160. The van der Waals surface area contributed by atoms with Crippen LogP contribution in [0.25, 0.3) is 28.3 Å². The van der Waals surface area contributed by atoms with Crippen LogP contribution >= 0.6 is 0 Å². The summed E-state index contributed by atoms with van der Waals surface area (Å²) >= 11 is 0. The highest BCUT2D eigenvalue weighted by Gasteiger charge is 2.19. The quantitative estimate of drug-likeness (QED) is 0.465. The van der Waals surface area contributed by atoms with Crippen molar-refractivity contribution in [3.8, 4) is 11.5 Å². The van der Waals surface area contributed by atoms with E-state index in [1.54, 1.807) is 6.92 Å². The number of aliphatic hydroxyl groups excluding tert-OH is 1. The summed E-state index contributed by atoms with van der Waals surface area (Å²) in [7, 11) is 0. The minimum Gasteiger partial charge on any atom is -0.368 e. The van der Waals surface area contributed by atoms with Gasteiger partial charge in [-0.25, -0.2) is 24.1 Å². The lowest BCUT2D eigenvalue weighted by molar-refractivity contribution is -0.0530. The van der Waals surface area contributed by atoms with Crippen LogP contribution in [0.1, 0.15) is 19.4 Å². The molecule has 0 aromatic carbocycles. The third-order valence-electron chi connectivity index (χ3n) is 4.15. The number of rotatable bonds is 4. The summed E-state index contributed by atoms with van der Waals surface area (Å²) in [4.78, 5) is 27.7. The zero-order valence-electron chi connectivity index (χ0n) is 13.7. The van der Waals surface area contributed by atoms with E-state index in [4.69, 9.17) is 0 Å². The highest BCUT2D eigenvalue weighted by Crippen LogP contribution is 2.21. The molecule has 3 N–H and O–H groups in total. The van der Waals surface area contributed by atoms with E-state index in [9.17, 15) is 19.4 Å². The van der Waals surface area contributed by atoms with Crippen LogP contribution in [0.4, 0.5) is 4.39 Å². The smallest absolute Gasteiger partial charge is 0.327 e. The number of halogens is 1. The SMILES string of the molecule is CC(CC(O)O)n1c(=O)[nH]c2cnc(-c3cnc4ccc(F)cn34)nc21. The molecule has 1 atom stereocenters. The number of hydrogen-bond acceptors (Lipinski definition) is 6. The number of pyridine rings is 1. The number of imidazole rings is 2. The summed E-state index contributed by atoms with van der Waals surface area (Å²) in [6.45, 7) is 1.68. The van der Waals surface area contributed by atoms with Gasteiger partial charge in [-0.3, -0.25) is 8.97 Å². The van der Waals surface area contributed by atoms with Gasteiger partial charge in [0.15, 0.2) is 17.8 Å². The van der Waals surface area contributed by atoms with Crippen molar-refractivity contribution in [3.05, 3.63) is 47.0 Å². The zero-order chi connectivity index (χ0) is 18.4. The van der Waals surface area contributed by atoms with Crippen LogP contribution in [-0.4, -0.2) is 45.4 Å². The lowest BCUT2D eigenvalue weighted by atomic mass is 10.2. The molecule has 134 valence electrons. The first kappa shape index (κ1) is 16.4. The number of nitrogens with one attached hydrogen (secondary N) is 1. The molecule has 0 aliphatic carbocycles. The van der Waals surface area contributed by atoms with Crippen molar-refractivity contribution in [1.82, 2.24) is 28.9 Å². The summed E-state index contributed by atoms with van der Waals surface area (Å²) in [5.41, 5.74) is 1.31. The van der Waals surface area contributed by atoms with E-state index >= 15 is 0 Å². The topological polar surface area (TPSA) is 121 Å². The van der Waals surface area contributed by atoms with Crippen molar-refractivity contribution in [2.24, 2.45) is 0 Å². The third-order valence-corrected chi connectivity index (χ3v) is 4.15. The second-order valence-corrected chi connectivity index (χ2v) is 6.02. The minimum atomic E-state index is -1.55. The van der Waals surface area contributed by atoms with Crippen LogP contribution in [0.2, 0.25) is 0 Å². The Morgan fingerprint density at radius 1 is 1.27 bits per heavy atom. The predicted octanol–water partition coefficient (Wildman–Crippen LogP) is 0.835. The molecule has 4 rings (SSSR count). The second-order valence-electron chi connectivity index (χ2n) is 6.02. The molecule has 4 heterocycles. The lowest BCUT2D eigenvalue weighted by Gasteiger charge is -2.14. The molecule has 0 saturated carbocycles. The van der Waals surface area contributed by atoms with Crippen LogP contribution < -0.4 is 5.69 Å². The third kappa shape index (κ3) is 2.65. The average molecular weight is 358 g/mol. The van der Waals surface area contributed by atoms with Gasteiger partial charge in [0.2, 0.25) is 0 Å². The monoisotopic (exact) mass is 358 g/mol. The standard InChI is InChI=1S/C16H15FN6O3/c1-8(4-13(24)25)23-15-10(20-16(23)26)5-19-14(21-15)11-6-18-12-3-2-9(17)7-22(11)12/h2-3,5-8,13,24-25H,4H2,1H3,(H,20,26). The molecule has 1 unspecified atom stereocenters. The fraction of sp³-hybridized carbons (Fsp3) is 0.250. The summed E-state index contributed by atoms with van der Waals surface area (Å²) in [6.07, 6.45) is 2.67. The van der Waals surface area contributed by atoms with Crippen LogP contribution in [-0.2, 0) is 0 Å². The lowest BCUT2D eigenvalue weighted by Crippen LogP contribution is -2.24. The van der Waals surface area contributed by atoms with Gasteiger partial charge in [0, 0.05) is 18.7 Å². The van der Waals surface area contributed by atoms with E-state index in [1.165, 1.54) is 39.7 Å². The van der Waals surface area contributed by atoms with E-state index < -0.39 is 23.8 Å². The number of nitrogens with zero attached hydrogens (tertiary/aromatic N) is 5. The van der Waals surface area contributed by atoms with Gasteiger partial charge in [-0.1, -0.05) is 0 Å². The molecule has 0 saturated heterocycles. The fourth-order valence-corrected chi connectivity index (χ4v) is 2.98. The van der Waals surface area contributed by atoms with Crippen LogP contribution in [0.15, 0.2) is 35.5 Å². The van der Waals surface area contributed by atoms with Gasteiger partial charge >= 0.3 is 5.69 Å². The summed E-state index contributed by atoms with van der Waals surface area (Å²) in [5.74, 6) is -0.165. The summed E-state index contributed by atoms with van der Waals surface area (Å²) < 4.78 is 16.4. The molecule has 4 aromatic rings. The van der Waals surface area contributed by atoms with Crippen molar-refractivity contribution in [3.63, 3.8) is 0 Å². The molecule has 4 aromatic heterocycles. The van der Waals surface area contributed by atoms with Crippen LogP contribution in [0, 0.1) is 5.82 Å². The zero-order valence-corrected chi connectivity index (χ0v) is 13.7. The van der Waals surface area contributed by atoms with E-state index in [0.29, 0.717) is 22.5 Å². The molecule has 0 fully saturated rings. The van der Waals surface area contributed by atoms with Crippen molar-refractivity contribution < 1.29 is 14.6 Å². The molecule has 26 heavy (non-hydrogen) atoms. The Hall–Kier alpha value is -3.11. The highest BCUT2D eigenvalue weighted by atomic mass is 19.1. The molecule has 10 heteroatoms. The Balaban J connectivity index is 1.89. The van der Waals surface area contributed by atoms with Gasteiger partial charge in [0.05, 0.1) is 12.4 Å². The molecule has 0 radical (unpaired) electrons. The van der Waals surface area contributed by atoms with E-state index in [1.807, 2.05) is 0 Å². The van der Waals surface area contributed by atoms with Crippen molar-refractivity contribution >= 4 is 16.8 Å². The van der Waals surface area contributed by atoms with Gasteiger partial charge in [-0.15, -0.1) is 0 Å². The van der Waals surface area contributed by atoms with Gasteiger partial charge in [0.1, 0.15) is 22.7 Å². The number of fused-ring (bicyclic) bond motifs is 2. The first-order valence-electron chi connectivity index (χ1n) is 7.90. The molecular weight excluding hydrogens is 343 g/mol. The van der Waals surface area contributed by atoms with E-state index in [2.05, 4.69) is 19.9 Å². The van der Waals surface area contributed by atoms with Crippen LogP contribution in [0.5, 0.6) is 0 Å².